The van der Waals surface area contributed by atoms with Crippen LogP contribution in [0.2, 0.25) is 0 Å². The molecule has 8 heteroatoms. The molecule has 3 aromatic carbocycles. The van der Waals surface area contributed by atoms with E-state index in [4.69, 9.17) is 14.5 Å². The number of rotatable bonds is 6. The number of hydrogen-bond donors (Lipinski definition) is 1. The fourth-order valence-corrected chi connectivity index (χ4v) is 6.60. The zero-order valence-corrected chi connectivity index (χ0v) is 23.2. The number of benzene rings is 3. The molecule has 1 N–H and O–H groups in total. The number of aliphatic hydroxyl groups excluding tert-OH is 1. The lowest BCUT2D eigenvalue weighted by Gasteiger charge is -2.23. The third kappa shape index (κ3) is 4.34. The Kier molecular flexibility index (Phi) is 6.43. The number of ketones is 1. The van der Waals surface area contributed by atoms with Crippen LogP contribution in [0, 0.1) is 13.8 Å². The van der Waals surface area contributed by atoms with Gasteiger partial charge in [0.1, 0.15) is 30.0 Å². The Morgan fingerprint density at radius 1 is 1.18 bits per heavy atom. The van der Waals surface area contributed by atoms with E-state index < -0.39 is 17.7 Å². The van der Waals surface area contributed by atoms with Gasteiger partial charge in [-0.15, -0.1) is 0 Å². The molecule has 1 fully saturated rings. The highest BCUT2D eigenvalue weighted by Crippen LogP contribution is 2.45. The predicted molar refractivity (Wildman–Crippen MR) is 156 cm³/mol. The van der Waals surface area contributed by atoms with E-state index in [1.165, 1.54) is 16.2 Å². The molecule has 40 heavy (non-hydrogen) atoms. The molecule has 1 aromatic heterocycles. The van der Waals surface area contributed by atoms with Crippen LogP contribution in [0.25, 0.3) is 16.0 Å². The van der Waals surface area contributed by atoms with Crippen LogP contribution >= 0.6 is 11.3 Å². The number of aromatic nitrogens is 1. The van der Waals surface area contributed by atoms with Gasteiger partial charge in [0.05, 0.1) is 21.8 Å². The van der Waals surface area contributed by atoms with Crippen molar-refractivity contribution >= 4 is 44.1 Å². The molecule has 7 nitrogen and oxygen atoms in total. The van der Waals surface area contributed by atoms with Gasteiger partial charge >= 0.3 is 5.91 Å². The molecule has 0 spiro atoms. The molecular formula is C32H28N2O5S. The van der Waals surface area contributed by atoms with Crippen LogP contribution in [0.3, 0.4) is 0 Å². The van der Waals surface area contributed by atoms with Crippen molar-refractivity contribution in [3.8, 4) is 11.5 Å². The fraction of sp³-hybridized carbons (Fsp3) is 0.219. The van der Waals surface area contributed by atoms with E-state index >= 15 is 0 Å². The largest absolute Gasteiger partial charge is 0.507 e. The molecule has 2 aliphatic rings. The number of carbonyl (C=O) groups excluding carboxylic acids is 2. The van der Waals surface area contributed by atoms with E-state index in [0.29, 0.717) is 35.0 Å². The van der Waals surface area contributed by atoms with Gasteiger partial charge in [-0.05, 0) is 79.4 Å². The van der Waals surface area contributed by atoms with Gasteiger partial charge in [-0.25, -0.2) is 4.98 Å². The number of hydrogen-bond acceptors (Lipinski definition) is 7. The maximum absolute atomic E-state index is 13.6. The Bertz CT molecular complexity index is 1720. The normalized spacial score (nSPS) is 19.6. The van der Waals surface area contributed by atoms with Gasteiger partial charge in [-0.3, -0.25) is 14.5 Å². The Labute approximate surface area is 236 Å². The van der Waals surface area contributed by atoms with Gasteiger partial charge in [0.15, 0.2) is 5.13 Å². The van der Waals surface area contributed by atoms with Crippen molar-refractivity contribution in [1.82, 2.24) is 4.98 Å². The lowest BCUT2D eigenvalue weighted by Crippen LogP contribution is -2.29. The van der Waals surface area contributed by atoms with Crippen LogP contribution in [0.5, 0.6) is 11.5 Å². The van der Waals surface area contributed by atoms with E-state index in [1.54, 1.807) is 42.5 Å². The third-order valence-corrected chi connectivity index (χ3v) is 8.20. The van der Waals surface area contributed by atoms with Gasteiger partial charge in [0.2, 0.25) is 0 Å². The topological polar surface area (TPSA) is 89.0 Å². The molecule has 1 amide bonds. The first-order valence-electron chi connectivity index (χ1n) is 13.1. The van der Waals surface area contributed by atoms with Gasteiger partial charge in [-0.2, -0.15) is 0 Å². The number of aryl methyl sites for hydroxylation is 2. The summed E-state index contributed by atoms with van der Waals surface area (Å²) in [4.78, 5) is 33.5. The summed E-state index contributed by atoms with van der Waals surface area (Å²) in [6.45, 7) is 9.99. The van der Waals surface area contributed by atoms with Crippen molar-refractivity contribution in [2.24, 2.45) is 0 Å². The highest BCUT2D eigenvalue weighted by atomic mass is 32.1. The summed E-state index contributed by atoms with van der Waals surface area (Å²) in [7, 11) is 0. The molecule has 4 aromatic rings. The second-order valence-corrected chi connectivity index (χ2v) is 11.2. The summed E-state index contributed by atoms with van der Waals surface area (Å²) in [5.74, 6) is -0.333. The van der Waals surface area contributed by atoms with Crippen LogP contribution in [0.4, 0.5) is 5.13 Å². The van der Waals surface area contributed by atoms with Gasteiger partial charge in [0, 0.05) is 12.0 Å². The number of fused-ring (bicyclic) bond motifs is 2. The second-order valence-electron chi connectivity index (χ2n) is 10.2. The monoisotopic (exact) mass is 552 g/mol. The van der Waals surface area contributed by atoms with Gasteiger partial charge in [0.25, 0.3) is 5.78 Å². The lowest BCUT2D eigenvalue weighted by atomic mass is 9.94. The zero-order chi connectivity index (χ0) is 28.1. The Morgan fingerprint density at radius 2 is 1.95 bits per heavy atom. The first-order chi connectivity index (χ1) is 19.2. The second kappa shape index (κ2) is 9.95. The highest BCUT2D eigenvalue weighted by molar-refractivity contribution is 7.22. The maximum atomic E-state index is 13.6. The summed E-state index contributed by atoms with van der Waals surface area (Å²) in [6.07, 6.45) is 2.39. The Balaban J connectivity index is 1.51. The number of thiazole rings is 1. The molecule has 0 unspecified atom stereocenters. The predicted octanol–water partition coefficient (Wildman–Crippen LogP) is 6.43. The first-order valence-corrected chi connectivity index (χ1v) is 13.9. The Hall–Kier alpha value is -4.43. The molecular weight excluding hydrogens is 524 g/mol. The standard InChI is InChI=1S/C32H28N2O5S/c1-5-12-38-23-9-6-20(7-10-23)28-26(29(35)21-8-11-24-22(16-21)15-19(4)39-24)30(36)31(37)34(28)32-33-27-18(3)13-17(2)14-25(27)40-32/h5-11,13-14,16,19,28,35H,1,12,15H2,2-4H3/b29-26+/t19-,28-/m1/s1. The molecule has 202 valence electrons. The lowest BCUT2D eigenvalue weighted by molar-refractivity contribution is -0.132. The molecule has 0 aliphatic carbocycles. The van der Waals surface area contributed by atoms with Crippen LogP contribution in [0.15, 0.2) is 72.8 Å². The third-order valence-electron chi connectivity index (χ3n) is 7.20. The van der Waals surface area contributed by atoms with E-state index in [2.05, 4.69) is 6.58 Å². The number of ether oxygens (including phenoxy) is 2. The minimum Gasteiger partial charge on any atom is -0.507 e. The van der Waals surface area contributed by atoms with E-state index in [9.17, 15) is 14.7 Å². The average molecular weight is 553 g/mol. The number of aliphatic hydroxyl groups is 1. The van der Waals surface area contributed by atoms with Crippen molar-refractivity contribution in [3.05, 3.63) is 101 Å². The molecule has 6 rings (SSSR count). The summed E-state index contributed by atoms with van der Waals surface area (Å²) in [5, 5.41) is 12.0. The van der Waals surface area contributed by atoms with Crippen molar-refractivity contribution in [2.75, 3.05) is 11.5 Å². The summed E-state index contributed by atoms with van der Waals surface area (Å²) in [6, 6.07) is 15.7. The van der Waals surface area contributed by atoms with Gasteiger partial charge < -0.3 is 14.6 Å². The summed E-state index contributed by atoms with van der Waals surface area (Å²) < 4.78 is 12.4. The van der Waals surface area contributed by atoms with Crippen molar-refractivity contribution in [2.45, 2.75) is 39.3 Å². The average Bonchev–Trinajstić information content (AvgIpc) is 3.60. The molecule has 2 atom stereocenters. The van der Waals surface area contributed by atoms with Crippen LogP contribution in [-0.2, 0) is 16.0 Å². The van der Waals surface area contributed by atoms with Crippen LogP contribution in [0.1, 0.15) is 40.8 Å². The minimum atomic E-state index is -0.876. The first kappa shape index (κ1) is 25.8. The SMILES string of the molecule is C=CCOc1ccc([C@@H]2/C(=C(\O)c3ccc4c(c3)C[C@@H](C)O4)C(=O)C(=O)N2c2nc3c(C)cc(C)cc3s2)cc1. The molecule has 0 bridgehead atoms. The highest BCUT2D eigenvalue weighted by Gasteiger charge is 2.48. The van der Waals surface area contributed by atoms with Crippen LogP contribution < -0.4 is 14.4 Å². The number of anilines is 1. The summed E-state index contributed by atoms with van der Waals surface area (Å²) >= 11 is 1.35. The number of Topliss-reactive ketones (excluding diaryl/α,β-unsaturated/α-hetero) is 1. The quantitative estimate of drug-likeness (QED) is 0.128. The Morgan fingerprint density at radius 3 is 2.70 bits per heavy atom. The molecule has 3 heterocycles. The minimum absolute atomic E-state index is 0.0174. The van der Waals surface area contributed by atoms with Crippen molar-refractivity contribution < 1.29 is 24.2 Å². The molecule has 0 radical (unpaired) electrons. The number of nitrogens with zero attached hydrogens (tertiary/aromatic N) is 2. The summed E-state index contributed by atoms with van der Waals surface area (Å²) in [5.41, 5.74) is 4.94. The maximum Gasteiger partial charge on any atom is 0.301 e. The van der Waals surface area contributed by atoms with E-state index in [-0.39, 0.29) is 17.4 Å². The fourth-order valence-electron chi connectivity index (χ4n) is 5.43. The molecule has 2 aliphatic heterocycles. The number of carbonyl (C=O) groups is 2. The van der Waals surface area contributed by atoms with Crippen molar-refractivity contribution in [3.63, 3.8) is 0 Å². The van der Waals surface area contributed by atoms with Crippen molar-refractivity contribution in [1.29, 1.82) is 0 Å². The number of amides is 1. The zero-order valence-electron chi connectivity index (χ0n) is 22.4. The molecule has 1 saturated heterocycles. The smallest absolute Gasteiger partial charge is 0.301 e. The molecule has 0 saturated carbocycles. The van der Waals surface area contributed by atoms with Gasteiger partial charge in [-0.1, -0.05) is 42.2 Å². The van der Waals surface area contributed by atoms with Crippen LogP contribution in [-0.4, -0.2) is 34.5 Å². The van der Waals surface area contributed by atoms with E-state index in [0.717, 1.165) is 32.7 Å². The van der Waals surface area contributed by atoms with E-state index in [1.807, 2.05) is 39.0 Å².